The van der Waals surface area contributed by atoms with Gasteiger partial charge in [0.25, 0.3) is 0 Å². The molecule has 0 aliphatic rings. The van der Waals surface area contributed by atoms with Gasteiger partial charge in [0.2, 0.25) is 5.88 Å². The fourth-order valence-corrected chi connectivity index (χ4v) is 3.55. The summed E-state index contributed by atoms with van der Waals surface area (Å²) in [4.78, 5) is 8.96. The van der Waals surface area contributed by atoms with Crippen LogP contribution in [0.25, 0.3) is 11.4 Å². The molecule has 3 rings (SSSR count). The Labute approximate surface area is 140 Å². The van der Waals surface area contributed by atoms with Crippen LogP contribution in [0, 0.1) is 0 Å². The van der Waals surface area contributed by atoms with Crippen LogP contribution in [-0.4, -0.2) is 25.5 Å². The molecule has 0 unspecified atom stereocenters. The Morgan fingerprint density at radius 1 is 0.917 bits per heavy atom. The SMILES string of the molecule is COc1cc(CS(=O)(=O)c2ccccc2)nc(-c2ccccc2)n1. The number of ether oxygens (including phenoxy) is 1. The summed E-state index contributed by atoms with van der Waals surface area (Å²) in [6.45, 7) is 0. The smallest absolute Gasteiger partial charge is 0.216 e. The van der Waals surface area contributed by atoms with Gasteiger partial charge in [-0.05, 0) is 12.1 Å². The van der Waals surface area contributed by atoms with Gasteiger partial charge < -0.3 is 4.74 Å². The molecular weight excluding hydrogens is 324 g/mol. The molecule has 0 aliphatic carbocycles. The van der Waals surface area contributed by atoms with Crippen molar-refractivity contribution in [1.82, 2.24) is 9.97 Å². The largest absolute Gasteiger partial charge is 0.481 e. The fourth-order valence-electron chi connectivity index (χ4n) is 2.27. The predicted octanol–water partition coefficient (Wildman–Crippen LogP) is 3.13. The molecular formula is C18H16N2O3S. The van der Waals surface area contributed by atoms with Gasteiger partial charge in [-0.1, -0.05) is 48.5 Å². The van der Waals surface area contributed by atoms with Crippen molar-refractivity contribution in [2.75, 3.05) is 7.11 Å². The monoisotopic (exact) mass is 340 g/mol. The van der Waals surface area contributed by atoms with Gasteiger partial charge in [0.05, 0.1) is 23.5 Å². The van der Waals surface area contributed by atoms with Gasteiger partial charge in [-0.15, -0.1) is 0 Å². The van der Waals surface area contributed by atoms with Crippen molar-refractivity contribution >= 4 is 9.84 Å². The third-order valence-electron chi connectivity index (χ3n) is 3.44. The second kappa shape index (κ2) is 6.80. The molecule has 0 spiro atoms. The third kappa shape index (κ3) is 3.60. The minimum Gasteiger partial charge on any atom is -0.481 e. The van der Waals surface area contributed by atoms with E-state index in [2.05, 4.69) is 9.97 Å². The summed E-state index contributed by atoms with van der Waals surface area (Å²) < 4.78 is 30.3. The maximum absolute atomic E-state index is 12.5. The van der Waals surface area contributed by atoms with E-state index in [1.807, 2.05) is 30.3 Å². The molecule has 3 aromatic rings. The van der Waals surface area contributed by atoms with Gasteiger partial charge in [-0.25, -0.2) is 13.4 Å². The van der Waals surface area contributed by atoms with Gasteiger partial charge in [0.1, 0.15) is 0 Å². The number of sulfone groups is 1. The van der Waals surface area contributed by atoms with Crippen LogP contribution in [0.1, 0.15) is 5.69 Å². The Morgan fingerprint density at radius 3 is 2.17 bits per heavy atom. The first-order chi connectivity index (χ1) is 11.6. The average molecular weight is 340 g/mol. The Balaban J connectivity index is 1.99. The molecule has 0 fully saturated rings. The molecule has 24 heavy (non-hydrogen) atoms. The van der Waals surface area contributed by atoms with Crippen LogP contribution >= 0.6 is 0 Å². The second-order valence-electron chi connectivity index (χ2n) is 5.16. The van der Waals surface area contributed by atoms with Gasteiger partial charge in [0, 0.05) is 11.6 Å². The summed E-state index contributed by atoms with van der Waals surface area (Å²) in [5.74, 6) is 0.561. The van der Waals surface area contributed by atoms with E-state index in [-0.39, 0.29) is 10.6 Å². The van der Waals surface area contributed by atoms with Gasteiger partial charge in [0.15, 0.2) is 15.7 Å². The zero-order chi connectivity index (χ0) is 17.0. The van der Waals surface area contributed by atoms with E-state index in [1.165, 1.54) is 7.11 Å². The van der Waals surface area contributed by atoms with Crippen LogP contribution in [0.2, 0.25) is 0 Å². The van der Waals surface area contributed by atoms with Crippen molar-refractivity contribution in [1.29, 1.82) is 0 Å². The lowest BCUT2D eigenvalue weighted by Crippen LogP contribution is -2.08. The Hall–Kier alpha value is -2.73. The molecule has 0 saturated carbocycles. The zero-order valence-electron chi connectivity index (χ0n) is 13.1. The lowest BCUT2D eigenvalue weighted by Gasteiger charge is -2.08. The highest BCUT2D eigenvalue weighted by Gasteiger charge is 2.18. The highest BCUT2D eigenvalue weighted by molar-refractivity contribution is 7.90. The molecule has 0 N–H and O–H groups in total. The van der Waals surface area contributed by atoms with Crippen molar-refractivity contribution in [2.45, 2.75) is 10.6 Å². The van der Waals surface area contributed by atoms with Gasteiger partial charge in [-0.3, -0.25) is 0 Å². The number of benzene rings is 2. The first kappa shape index (κ1) is 16.1. The molecule has 0 radical (unpaired) electrons. The van der Waals surface area contributed by atoms with E-state index < -0.39 is 9.84 Å². The second-order valence-corrected chi connectivity index (χ2v) is 7.15. The first-order valence-corrected chi connectivity index (χ1v) is 8.99. The number of aromatic nitrogens is 2. The zero-order valence-corrected chi connectivity index (χ0v) is 13.9. The fraction of sp³-hybridized carbons (Fsp3) is 0.111. The molecule has 0 amide bonds. The predicted molar refractivity (Wildman–Crippen MR) is 91.4 cm³/mol. The maximum atomic E-state index is 12.5. The Kier molecular flexibility index (Phi) is 4.57. The van der Waals surface area contributed by atoms with E-state index in [1.54, 1.807) is 36.4 Å². The lowest BCUT2D eigenvalue weighted by atomic mass is 10.2. The molecule has 2 aromatic carbocycles. The van der Waals surface area contributed by atoms with Gasteiger partial charge in [-0.2, -0.15) is 4.98 Å². The third-order valence-corrected chi connectivity index (χ3v) is 5.10. The Bertz CT molecular complexity index is 927. The molecule has 1 aromatic heterocycles. The average Bonchev–Trinajstić information content (AvgIpc) is 2.62. The summed E-state index contributed by atoms with van der Waals surface area (Å²) in [7, 11) is -1.99. The lowest BCUT2D eigenvalue weighted by molar-refractivity contribution is 0.397. The molecule has 0 atom stereocenters. The van der Waals surface area contributed by atoms with E-state index in [0.717, 1.165) is 5.56 Å². The van der Waals surface area contributed by atoms with Crippen LogP contribution in [0.15, 0.2) is 71.6 Å². The summed E-state index contributed by atoms with van der Waals surface area (Å²) >= 11 is 0. The number of hydrogen-bond acceptors (Lipinski definition) is 5. The van der Waals surface area contributed by atoms with Crippen molar-refractivity contribution in [2.24, 2.45) is 0 Å². The number of nitrogens with zero attached hydrogens (tertiary/aromatic N) is 2. The molecule has 1 heterocycles. The standard InChI is InChI=1S/C18H16N2O3S/c1-23-17-12-15(13-24(21,22)16-10-6-3-7-11-16)19-18(20-17)14-8-4-2-5-9-14/h2-12H,13H2,1H3. The van der Waals surface area contributed by atoms with Crippen molar-refractivity contribution in [3.63, 3.8) is 0 Å². The minimum atomic E-state index is -3.48. The summed E-state index contributed by atoms with van der Waals surface area (Å²) in [6, 6.07) is 19.2. The molecule has 0 aliphatic heterocycles. The first-order valence-electron chi connectivity index (χ1n) is 7.34. The van der Waals surface area contributed by atoms with E-state index in [0.29, 0.717) is 17.4 Å². The van der Waals surface area contributed by atoms with Gasteiger partial charge >= 0.3 is 0 Å². The molecule has 5 nitrogen and oxygen atoms in total. The van der Waals surface area contributed by atoms with Crippen molar-refractivity contribution < 1.29 is 13.2 Å². The van der Waals surface area contributed by atoms with E-state index in [4.69, 9.17) is 4.74 Å². The number of hydrogen-bond donors (Lipinski definition) is 0. The van der Waals surface area contributed by atoms with Crippen LogP contribution in [0.3, 0.4) is 0 Å². The summed E-state index contributed by atoms with van der Waals surface area (Å²) in [5, 5.41) is 0. The topological polar surface area (TPSA) is 69.2 Å². The quantitative estimate of drug-likeness (QED) is 0.714. The number of rotatable bonds is 5. The Morgan fingerprint density at radius 2 is 1.54 bits per heavy atom. The normalized spacial score (nSPS) is 11.2. The molecule has 0 saturated heterocycles. The van der Waals surface area contributed by atoms with Crippen LogP contribution in [0.5, 0.6) is 5.88 Å². The minimum absolute atomic E-state index is 0.213. The maximum Gasteiger partial charge on any atom is 0.216 e. The van der Waals surface area contributed by atoms with Crippen LogP contribution in [-0.2, 0) is 15.6 Å². The number of methoxy groups -OCH3 is 1. The molecule has 0 bridgehead atoms. The van der Waals surface area contributed by atoms with Crippen LogP contribution in [0.4, 0.5) is 0 Å². The highest BCUT2D eigenvalue weighted by Crippen LogP contribution is 2.22. The van der Waals surface area contributed by atoms with Crippen molar-refractivity contribution in [3.8, 4) is 17.3 Å². The molecule has 6 heteroatoms. The molecule has 122 valence electrons. The van der Waals surface area contributed by atoms with Crippen molar-refractivity contribution in [3.05, 3.63) is 72.4 Å². The van der Waals surface area contributed by atoms with Crippen LogP contribution < -0.4 is 4.74 Å². The van der Waals surface area contributed by atoms with E-state index >= 15 is 0 Å². The highest BCUT2D eigenvalue weighted by atomic mass is 32.2. The summed E-state index contributed by atoms with van der Waals surface area (Å²) in [6.07, 6.45) is 0. The summed E-state index contributed by atoms with van der Waals surface area (Å²) in [5.41, 5.74) is 1.19. The van der Waals surface area contributed by atoms with E-state index in [9.17, 15) is 8.42 Å².